The van der Waals surface area contributed by atoms with Gasteiger partial charge in [0.2, 0.25) is 20.2 Å². The van der Waals surface area contributed by atoms with Crippen molar-refractivity contribution in [3.8, 4) is 0 Å². The number of halogens is 1. The minimum Gasteiger partial charge on any atom is -0.394 e. The second-order valence-electron chi connectivity index (χ2n) is 12.8. The van der Waals surface area contributed by atoms with Gasteiger partial charge in [0.05, 0.1) is 44.0 Å². The predicted molar refractivity (Wildman–Crippen MR) is 164 cm³/mol. The number of hydrogen-bond acceptors (Lipinski definition) is 6. The zero-order valence-corrected chi connectivity index (χ0v) is 26.1. The number of nitrogens with zero attached hydrogens (tertiary/aromatic N) is 3. The number of nitrogens with one attached hydrogen (secondary N) is 1. The highest BCUT2D eigenvalue weighted by Crippen LogP contribution is 2.60. The number of rotatable bonds is 7. The molecule has 0 saturated carbocycles. The summed E-state index contributed by atoms with van der Waals surface area (Å²) in [5.41, 5.74) is 0.798. The van der Waals surface area contributed by atoms with Crippen molar-refractivity contribution in [3.05, 3.63) is 59.7 Å². The van der Waals surface area contributed by atoms with Gasteiger partial charge in [0.15, 0.2) is 5.60 Å². The molecule has 2 aromatic rings. The number of carbonyl (C=O) groups excluding carboxylic acids is 3. The van der Waals surface area contributed by atoms with Crippen LogP contribution in [0.3, 0.4) is 0 Å². The SMILES string of the molecule is C[C@@H]1[C@@H]([Si](C)(C)F)[C@H](CC(=O)N2CCC[C@H]2CO)O[C@@]12C(=O)N(Cc1ccccc1)c1ccc(N3CCNCC3=O)cc12. The van der Waals surface area contributed by atoms with E-state index in [9.17, 15) is 19.5 Å². The normalized spacial score (nSPS) is 29.2. The standard InChI is InChI=1S/C32H41FN4O5Si/c1-21-30(43(2,3)33)27(17-28(39)35-14-7-10-24(35)20-38)42-32(21)25-16-23(36-15-13-34-18-29(36)40)11-12-26(25)37(31(32)41)19-22-8-5-4-6-9-22/h4-6,8-9,11-12,16,21,24,27,30,34,38H,7,10,13-15,17-20H2,1-3H3/t21-,24+,27+,30-,32+/m1/s1. The number of aliphatic hydroxyl groups is 1. The number of fused-ring (bicyclic) bond motifs is 2. The van der Waals surface area contributed by atoms with Crippen molar-refractivity contribution in [1.82, 2.24) is 10.2 Å². The van der Waals surface area contributed by atoms with Gasteiger partial charge in [-0.3, -0.25) is 14.4 Å². The minimum atomic E-state index is -3.47. The van der Waals surface area contributed by atoms with E-state index in [2.05, 4.69) is 5.32 Å². The number of amides is 3. The first kappa shape index (κ1) is 29.9. The third-order valence-corrected chi connectivity index (χ3v) is 12.3. The van der Waals surface area contributed by atoms with Crippen molar-refractivity contribution in [2.45, 2.75) is 69.1 Å². The second-order valence-corrected chi connectivity index (χ2v) is 16.6. The Balaban J connectivity index is 1.43. The fourth-order valence-electron chi connectivity index (χ4n) is 7.85. The Morgan fingerprint density at radius 3 is 2.63 bits per heavy atom. The van der Waals surface area contributed by atoms with E-state index in [4.69, 9.17) is 4.74 Å². The highest BCUT2D eigenvalue weighted by atomic mass is 28.4. The monoisotopic (exact) mass is 608 g/mol. The largest absolute Gasteiger partial charge is 0.394 e. The van der Waals surface area contributed by atoms with E-state index in [0.29, 0.717) is 43.1 Å². The molecule has 0 unspecified atom stereocenters. The van der Waals surface area contributed by atoms with Crippen LogP contribution >= 0.6 is 0 Å². The zero-order chi connectivity index (χ0) is 30.5. The summed E-state index contributed by atoms with van der Waals surface area (Å²) in [4.78, 5) is 46.2. The van der Waals surface area contributed by atoms with E-state index in [-0.39, 0.29) is 43.3 Å². The molecule has 2 aromatic carbocycles. The number of carbonyl (C=O) groups is 3. The summed E-state index contributed by atoms with van der Waals surface area (Å²) in [5.74, 6) is -1.06. The van der Waals surface area contributed by atoms with E-state index < -0.39 is 31.6 Å². The van der Waals surface area contributed by atoms with E-state index in [1.165, 1.54) is 0 Å². The van der Waals surface area contributed by atoms with Crippen LogP contribution in [0.2, 0.25) is 18.6 Å². The van der Waals surface area contributed by atoms with Crippen LogP contribution < -0.4 is 15.1 Å². The van der Waals surface area contributed by atoms with Gasteiger partial charge in [-0.25, -0.2) is 0 Å². The molecule has 2 N–H and O–H groups in total. The molecular weight excluding hydrogens is 567 g/mol. The summed E-state index contributed by atoms with van der Waals surface area (Å²) in [7, 11) is -3.47. The lowest BCUT2D eigenvalue weighted by Gasteiger charge is -2.32. The van der Waals surface area contributed by atoms with Crippen molar-refractivity contribution in [1.29, 1.82) is 0 Å². The van der Waals surface area contributed by atoms with Gasteiger partial charge in [-0.2, -0.15) is 0 Å². The maximum absolute atomic E-state index is 16.3. The van der Waals surface area contributed by atoms with Gasteiger partial charge in [-0.1, -0.05) is 37.3 Å². The molecule has 5 atom stereocenters. The van der Waals surface area contributed by atoms with Crippen LogP contribution in [-0.4, -0.2) is 81.1 Å². The van der Waals surface area contributed by atoms with Crippen LogP contribution in [0.1, 0.15) is 37.3 Å². The lowest BCUT2D eigenvalue weighted by molar-refractivity contribution is -0.150. The molecule has 3 fully saturated rings. The van der Waals surface area contributed by atoms with Gasteiger partial charge in [0.25, 0.3) is 5.91 Å². The molecule has 3 amide bonds. The molecule has 0 aliphatic carbocycles. The first-order valence-electron chi connectivity index (χ1n) is 15.3. The number of likely N-dealkylation sites (tertiary alicyclic amines) is 1. The molecule has 4 aliphatic heterocycles. The molecule has 0 bridgehead atoms. The molecule has 1 spiro atoms. The van der Waals surface area contributed by atoms with Gasteiger partial charge in [-0.15, -0.1) is 0 Å². The van der Waals surface area contributed by atoms with E-state index in [1.807, 2.05) is 55.5 Å². The minimum absolute atomic E-state index is 0.0507. The molecule has 9 nitrogen and oxygen atoms in total. The van der Waals surface area contributed by atoms with Crippen molar-refractivity contribution in [2.24, 2.45) is 5.92 Å². The van der Waals surface area contributed by atoms with Crippen LogP contribution in [0.5, 0.6) is 0 Å². The maximum Gasteiger partial charge on any atom is 0.264 e. The topological polar surface area (TPSA) is 102 Å². The smallest absolute Gasteiger partial charge is 0.264 e. The molecule has 4 aliphatic rings. The zero-order valence-electron chi connectivity index (χ0n) is 25.1. The highest BCUT2D eigenvalue weighted by molar-refractivity contribution is 6.72. The molecule has 43 heavy (non-hydrogen) atoms. The van der Waals surface area contributed by atoms with Gasteiger partial charge >= 0.3 is 0 Å². The summed E-state index contributed by atoms with van der Waals surface area (Å²) in [6.07, 6.45) is 0.690. The number of benzene rings is 2. The van der Waals surface area contributed by atoms with Crippen LogP contribution in [0, 0.1) is 5.92 Å². The summed E-state index contributed by atoms with van der Waals surface area (Å²) in [5, 5.41) is 12.9. The lowest BCUT2D eigenvalue weighted by atomic mass is 9.82. The van der Waals surface area contributed by atoms with E-state index in [1.54, 1.807) is 27.8 Å². The fraction of sp³-hybridized carbons (Fsp3) is 0.531. The summed E-state index contributed by atoms with van der Waals surface area (Å²) >= 11 is 0. The third kappa shape index (κ3) is 5.09. The number of ether oxygens (including phenoxy) is 1. The van der Waals surface area contributed by atoms with Crippen molar-refractivity contribution in [3.63, 3.8) is 0 Å². The fourth-order valence-corrected chi connectivity index (χ4v) is 10.3. The summed E-state index contributed by atoms with van der Waals surface area (Å²) in [6.45, 7) is 7.25. The summed E-state index contributed by atoms with van der Waals surface area (Å²) < 4.78 is 23.1. The maximum atomic E-state index is 16.3. The first-order chi connectivity index (χ1) is 20.6. The Morgan fingerprint density at radius 2 is 1.93 bits per heavy atom. The molecule has 11 heteroatoms. The Labute approximate surface area is 253 Å². The van der Waals surface area contributed by atoms with Crippen molar-refractivity contribution < 1.29 is 28.3 Å². The average Bonchev–Trinajstić information content (AvgIpc) is 3.64. The Bertz CT molecular complexity index is 1400. The van der Waals surface area contributed by atoms with E-state index in [0.717, 1.165) is 18.4 Å². The number of piperazine rings is 1. The first-order valence-corrected chi connectivity index (χ1v) is 18.3. The second kappa shape index (κ2) is 11.4. The Morgan fingerprint density at radius 1 is 1.16 bits per heavy atom. The Hall–Kier alpha value is -3.12. The molecule has 0 radical (unpaired) electrons. The third-order valence-electron chi connectivity index (χ3n) is 9.81. The quantitative estimate of drug-likeness (QED) is 0.370. The van der Waals surface area contributed by atoms with Crippen LogP contribution in [0.15, 0.2) is 48.5 Å². The van der Waals surface area contributed by atoms with Gasteiger partial charge in [-0.05, 0) is 49.7 Å². The molecule has 230 valence electrons. The molecular formula is C32H41FN4O5Si. The van der Waals surface area contributed by atoms with Gasteiger partial charge < -0.3 is 34.0 Å². The Kier molecular flexibility index (Phi) is 7.95. The van der Waals surface area contributed by atoms with E-state index >= 15 is 4.11 Å². The lowest BCUT2D eigenvalue weighted by Crippen LogP contribution is -2.48. The highest BCUT2D eigenvalue weighted by Gasteiger charge is 2.67. The van der Waals surface area contributed by atoms with Crippen LogP contribution in [0.4, 0.5) is 15.5 Å². The van der Waals surface area contributed by atoms with Gasteiger partial charge in [0, 0.05) is 42.3 Å². The predicted octanol–water partition coefficient (Wildman–Crippen LogP) is 3.32. The summed E-state index contributed by atoms with van der Waals surface area (Å²) in [6, 6.07) is 15.0. The number of aliphatic hydroxyl groups excluding tert-OH is 1. The van der Waals surface area contributed by atoms with Crippen LogP contribution in [-0.2, 0) is 31.3 Å². The molecule has 4 heterocycles. The average molecular weight is 609 g/mol. The van der Waals surface area contributed by atoms with Crippen molar-refractivity contribution in [2.75, 3.05) is 42.6 Å². The molecule has 0 aromatic heterocycles. The van der Waals surface area contributed by atoms with Crippen molar-refractivity contribution >= 4 is 37.5 Å². The molecule has 6 rings (SSSR count). The number of anilines is 2. The van der Waals surface area contributed by atoms with Gasteiger partial charge in [0.1, 0.15) is 0 Å². The van der Waals surface area contributed by atoms with Crippen LogP contribution in [0.25, 0.3) is 0 Å². The molecule has 3 saturated heterocycles. The number of hydrogen-bond donors (Lipinski definition) is 2.